The van der Waals surface area contributed by atoms with Crippen molar-refractivity contribution in [2.75, 3.05) is 14.2 Å². The lowest BCUT2D eigenvalue weighted by molar-refractivity contribution is 0.351. The maximum Gasteiger partial charge on any atom is 0.319 e. The molecule has 1 heterocycles. The van der Waals surface area contributed by atoms with Crippen molar-refractivity contribution in [3.8, 4) is 11.9 Å². The molecule has 1 rings (SSSR count). The Balaban J connectivity index is 3.24. The molecule has 1 aromatic rings. The molecule has 0 amide bonds. The Bertz CT molecular complexity index is 455. The molecule has 0 unspecified atom stereocenters. The van der Waals surface area contributed by atoms with Gasteiger partial charge in [0, 0.05) is 12.4 Å². The summed E-state index contributed by atoms with van der Waals surface area (Å²) in [4.78, 5) is 8.04. The predicted octanol–water partition coefficient (Wildman–Crippen LogP) is 1.47. The highest BCUT2D eigenvalue weighted by Crippen LogP contribution is 2.18. The lowest BCUT2D eigenvalue weighted by Gasteiger charge is -2.07. The van der Waals surface area contributed by atoms with Gasteiger partial charge in [0.05, 0.1) is 25.5 Å². The van der Waals surface area contributed by atoms with Crippen LogP contribution in [0.4, 0.5) is 0 Å². The molecule has 0 aliphatic carbocycles. The molecule has 0 aliphatic rings. The normalized spacial score (nSPS) is 11.6. The third kappa shape index (κ3) is 3.10. The third-order valence-electron chi connectivity index (χ3n) is 1.86. The van der Waals surface area contributed by atoms with Crippen molar-refractivity contribution in [3.05, 3.63) is 24.4 Å². The number of hydrogen-bond donors (Lipinski definition) is 0. The minimum atomic E-state index is 0.230. The summed E-state index contributed by atoms with van der Waals surface area (Å²) in [7, 11) is 2.99. The van der Waals surface area contributed by atoms with Gasteiger partial charge in [0.1, 0.15) is 0 Å². The first kappa shape index (κ1) is 12.8. The van der Waals surface area contributed by atoms with Crippen LogP contribution in [0.15, 0.2) is 29.1 Å². The van der Waals surface area contributed by atoms with Crippen LogP contribution in [0, 0.1) is 0 Å². The Morgan fingerprint density at radius 2 is 2.18 bits per heavy atom. The zero-order chi connectivity index (χ0) is 12.7. The number of methoxy groups -OCH3 is 2. The van der Waals surface area contributed by atoms with Gasteiger partial charge < -0.3 is 9.47 Å². The van der Waals surface area contributed by atoms with E-state index in [-0.39, 0.29) is 6.01 Å². The van der Waals surface area contributed by atoms with E-state index in [1.165, 1.54) is 14.2 Å². The van der Waals surface area contributed by atoms with Crippen LogP contribution >= 0.6 is 0 Å². The van der Waals surface area contributed by atoms with Crippen LogP contribution < -0.4 is 9.47 Å². The van der Waals surface area contributed by atoms with Crippen LogP contribution in [0.5, 0.6) is 11.9 Å². The number of aromatic nitrogens is 2. The van der Waals surface area contributed by atoms with Gasteiger partial charge in [-0.05, 0) is 13.0 Å². The Labute approximate surface area is 99.7 Å². The van der Waals surface area contributed by atoms with Gasteiger partial charge in [-0.25, -0.2) is 4.98 Å². The molecular weight excluding hydrogens is 220 g/mol. The Kier molecular flexibility index (Phi) is 4.80. The van der Waals surface area contributed by atoms with Gasteiger partial charge >= 0.3 is 6.01 Å². The largest absolute Gasteiger partial charge is 0.480 e. The Morgan fingerprint density at radius 3 is 2.71 bits per heavy atom. The minimum Gasteiger partial charge on any atom is -0.480 e. The molecule has 0 aliphatic heterocycles. The van der Waals surface area contributed by atoms with Crippen molar-refractivity contribution >= 4 is 11.9 Å². The summed E-state index contributed by atoms with van der Waals surface area (Å²) < 4.78 is 10.0. The molecule has 90 valence electrons. The van der Waals surface area contributed by atoms with Gasteiger partial charge in [0.2, 0.25) is 5.88 Å². The summed E-state index contributed by atoms with van der Waals surface area (Å²) in [6.45, 7) is 5.43. The fraction of sp³-hybridized carbons (Fsp3) is 0.273. The number of nitrogens with zero attached hydrogens (tertiary/aromatic N) is 4. The SMILES string of the molecule is C=C/C(=N\N=C/C)c1cnc(OC)nc1OC. The van der Waals surface area contributed by atoms with E-state index in [4.69, 9.17) is 9.47 Å². The fourth-order valence-electron chi connectivity index (χ4n) is 1.11. The molecule has 0 N–H and O–H groups in total. The average molecular weight is 234 g/mol. The predicted molar refractivity (Wildman–Crippen MR) is 66.0 cm³/mol. The van der Waals surface area contributed by atoms with Crippen LogP contribution in [-0.2, 0) is 0 Å². The van der Waals surface area contributed by atoms with Crippen molar-refractivity contribution in [3.63, 3.8) is 0 Å². The molecule has 6 nitrogen and oxygen atoms in total. The molecule has 1 aromatic heterocycles. The third-order valence-corrected chi connectivity index (χ3v) is 1.86. The van der Waals surface area contributed by atoms with Crippen molar-refractivity contribution in [2.45, 2.75) is 6.92 Å². The number of rotatable bonds is 5. The highest BCUT2D eigenvalue weighted by molar-refractivity contribution is 6.09. The van der Waals surface area contributed by atoms with E-state index in [2.05, 4.69) is 26.7 Å². The zero-order valence-electron chi connectivity index (χ0n) is 10.0. The summed E-state index contributed by atoms with van der Waals surface area (Å²) in [5.74, 6) is 0.363. The first-order valence-corrected chi connectivity index (χ1v) is 4.90. The van der Waals surface area contributed by atoms with Crippen LogP contribution in [0.3, 0.4) is 0 Å². The van der Waals surface area contributed by atoms with E-state index in [9.17, 15) is 0 Å². The topological polar surface area (TPSA) is 69.0 Å². The Morgan fingerprint density at radius 1 is 1.41 bits per heavy atom. The lowest BCUT2D eigenvalue weighted by Crippen LogP contribution is -2.04. The van der Waals surface area contributed by atoms with Gasteiger partial charge in [-0.15, -0.1) is 0 Å². The summed E-state index contributed by atoms with van der Waals surface area (Å²) in [6.07, 6.45) is 4.68. The van der Waals surface area contributed by atoms with E-state index >= 15 is 0 Å². The molecule has 0 bridgehead atoms. The number of hydrogen-bond acceptors (Lipinski definition) is 6. The maximum atomic E-state index is 5.14. The monoisotopic (exact) mass is 234 g/mol. The highest BCUT2D eigenvalue weighted by Gasteiger charge is 2.11. The lowest BCUT2D eigenvalue weighted by atomic mass is 10.2. The smallest absolute Gasteiger partial charge is 0.319 e. The summed E-state index contributed by atoms with van der Waals surface area (Å²) in [5, 5.41) is 7.75. The quantitative estimate of drug-likeness (QED) is 0.571. The summed E-state index contributed by atoms with van der Waals surface area (Å²) in [5.41, 5.74) is 1.14. The first-order chi connectivity index (χ1) is 8.26. The second-order valence-corrected chi connectivity index (χ2v) is 2.84. The molecule has 0 atom stereocenters. The zero-order valence-corrected chi connectivity index (χ0v) is 10.0. The van der Waals surface area contributed by atoms with Crippen LogP contribution in [0.2, 0.25) is 0 Å². The Hall–Kier alpha value is -2.24. The van der Waals surface area contributed by atoms with Crippen LogP contribution in [0.25, 0.3) is 0 Å². The van der Waals surface area contributed by atoms with Crippen LogP contribution in [0.1, 0.15) is 12.5 Å². The highest BCUT2D eigenvalue weighted by atomic mass is 16.5. The molecule has 17 heavy (non-hydrogen) atoms. The van der Waals surface area contributed by atoms with Crippen molar-refractivity contribution in [2.24, 2.45) is 10.2 Å². The molecule has 0 radical (unpaired) electrons. The molecule has 0 saturated carbocycles. The first-order valence-electron chi connectivity index (χ1n) is 4.90. The van der Waals surface area contributed by atoms with Gasteiger partial charge in [0.25, 0.3) is 0 Å². The van der Waals surface area contributed by atoms with E-state index in [0.717, 1.165) is 0 Å². The van der Waals surface area contributed by atoms with Gasteiger partial charge in [-0.1, -0.05) is 6.58 Å². The molecular formula is C11H14N4O2. The summed E-state index contributed by atoms with van der Waals surface area (Å²) >= 11 is 0. The molecule has 0 spiro atoms. The standard InChI is InChI=1S/C11H14N4O2/c1-5-9(15-13-6-2)8-7-12-11(17-4)14-10(8)16-3/h5-7H,1H2,2-4H3/b13-6-,15-9+. The van der Waals surface area contributed by atoms with Gasteiger partial charge in [-0.2, -0.15) is 15.2 Å². The van der Waals surface area contributed by atoms with E-state index in [1.54, 1.807) is 25.4 Å². The minimum absolute atomic E-state index is 0.230. The summed E-state index contributed by atoms with van der Waals surface area (Å²) in [6, 6.07) is 0.230. The number of allylic oxidation sites excluding steroid dienone is 1. The maximum absolute atomic E-state index is 5.14. The van der Waals surface area contributed by atoms with Gasteiger partial charge in [0.15, 0.2) is 0 Å². The van der Waals surface area contributed by atoms with Crippen LogP contribution in [-0.4, -0.2) is 36.1 Å². The number of ether oxygens (including phenoxy) is 2. The van der Waals surface area contributed by atoms with Crippen molar-refractivity contribution in [1.82, 2.24) is 9.97 Å². The van der Waals surface area contributed by atoms with Crippen molar-refractivity contribution < 1.29 is 9.47 Å². The fourth-order valence-corrected chi connectivity index (χ4v) is 1.11. The van der Waals surface area contributed by atoms with E-state index in [1.807, 2.05) is 0 Å². The second kappa shape index (κ2) is 6.37. The molecule has 0 aromatic carbocycles. The molecule has 6 heteroatoms. The average Bonchev–Trinajstić information content (AvgIpc) is 2.39. The van der Waals surface area contributed by atoms with E-state index in [0.29, 0.717) is 17.2 Å². The molecule has 0 saturated heterocycles. The second-order valence-electron chi connectivity index (χ2n) is 2.84. The van der Waals surface area contributed by atoms with Crippen molar-refractivity contribution in [1.29, 1.82) is 0 Å². The van der Waals surface area contributed by atoms with Gasteiger partial charge in [-0.3, -0.25) is 0 Å². The van der Waals surface area contributed by atoms with E-state index < -0.39 is 0 Å². The molecule has 0 fully saturated rings.